The molecule has 1 aromatic heterocycles. The van der Waals surface area contributed by atoms with E-state index < -0.39 is 33.9 Å². The van der Waals surface area contributed by atoms with E-state index in [2.05, 4.69) is 10.1 Å². The van der Waals surface area contributed by atoms with Crippen molar-refractivity contribution in [2.75, 3.05) is 7.11 Å². The third kappa shape index (κ3) is 6.49. The number of methoxy groups -OCH3 is 1. The summed E-state index contributed by atoms with van der Waals surface area (Å²) in [6, 6.07) is 18.8. The normalized spacial score (nSPS) is 11.6. The van der Waals surface area contributed by atoms with Crippen LogP contribution >= 0.6 is 0 Å². The van der Waals surface area contributed by atoms with Crippen molar-refractivity contribution in [1.82, 2.24) is 9.66 Å². The number of nitrogens with zero attached hydrogens (tertiary/aromatic N) is 4. The molecule has 0 saturated heterocycles. The zero-order valence-electron chi connectivity index (χ0n) is 23.2. The number of hydrogen-bond donors (Lipinski definition) is 1. The molecule has 1 N–H and O–H groups in total. The number of aromatic nitrogens is 2. The molecule has 45 heavy (non-hydrogen) atoms. The van der Waals surface area contributed by atoms with Gasteiger partial charge in [-0.15, -0.1) is 0 Å². The van der Waals surface area contributed by atoms with Gasteiger partial charge in [-0.05, 0) is 48.0 Å². The van der Waals surface area contributed by atoms with Crippen molar-refractivity contribution >= 4 is 28.8 Å². The molecule has 0 aliphatic rings. The number of para-hydroxylation sites is 1. The van der Waals surface area contributed by atoms with Gasteiger partial charge >= 0.3 is 17.8 Å². The number of fused-ring (bicyclic) bond motifs is 1. The highest BCUT2D eigenvalue weighted by Crippen LogP contribution is 2.39. The highest BCUT2D eigenvalue weighted by atomic mass is 19.4. The second kappa shape index (κ2) is 12.3. The summed E-state index contributed by atoms with van der Waals surface area (Å²) in [5.74, 6) is -1.65. The third-order valence-electron chi connectivity index (χ3n) is 6.56. The minimum absolute atomic E-state index is 0.00653. The third-order valence-corrected chi connectivity index (χ3v) is 6.56. The first kappa shape index (κ1) is 30.4. The number of benzene rings is 4. The molecule has 0 saturated carbocycles. The van der Waals surface area contributed by atoms with Crippen molar-refractivity contribution in [2.24, 2.45) is 5.10 Å². The Hall–Kier alpha value is -6.05. The summed E-state index contributed by atoms with van der Waals surface area (Å²) < 4.78 is 52.2. The molecular weight excluding hydrogens is 597 g/mol. The number of carboxylic acid groups (broad SMARTS) is 1. The number of carboxylic acids is 1. The van der Waals surface area contributed by atoms with E-state index in [9.17, 15) is 38.0 Å². The zero-order valence-corrected chi connectivity index (χ0v) is 23.2. The van der Waals surface area contributed by atoms with Crippen LogP contribution < -0.4 is 15.0 Å². The van der Waals surface area contributed by atoms with Crippen molar-refractivity contribution in [3.63, 3.8) is 0 Å². The molecule has 14 heteroatoms. The lowest BCUT2D eigenvalue weighted by atomic mass is 10.1. The van der Waals surface area contributed by atoms with E-state index in [-0.39, 0.29) is 51.5 Å². The van der Waals surface area contributed by atoms with Gasteiger partial charge in [0.05, 0.1) is 40.3 Å². The van der Waals surface area contributed by atoms with E-state index >= 15 is 0 Å². The highest BCUT2D eigenvalue weighted by Gasteiger charge is 2.31. The van der Waals surface area contributed by atoms with Gasteiger partial charge in [0.1, 0.15) is 6.61 Å². The zero-order chi connectivity index (χ0) is 32.3. The number of ether oxygens (including phenoxy) is 2. The predicted octanol–water partition coefficient (Wildman–Crippen LogP) is 6.16. The minimum atomic E-state index is -4.65. The molecule has 0 aliphatic carbocycles. The van der Waals surface area contributed by atoms with Gasteiger partial charge in [-0.25, -0.2) is 9.78 Å². The number of alkyl halides is 3. The van der Waals surface area contributed by atoms with E-state index in [0.29, 0.717) is 5.56 Å². The van der Waals surface area contributed by atoms with Crippen LogP contribution in [0.3, 0.4) is 0 Å². The molecule has 5 rings (SSSR count). The van der Waals surface area contributed by atoms with E-state index in [1.807, 2.05) is 0 Å². The number of rotatable bonds is 9. The topological polar surface area (TPSA) is 146 Å². The monoisotopic (exact) mass is 618 g/mol. The van der Waals surface area contributed by atoms with Crippen molar-refractivity contribution in [3.8, 4) is 22.9 Å². The molecule has 0 bridgehead atoms. The summed E-state index contributed by atoms with van der Waals surface area (Å²) in [5.41, 5.74) is -1.44. The molecule has 0 unspecified atom stereocenters. The molecular formula is C31H21F3N4O7. The Morgan fingerprint density at radius 2 is 1.82 bits per heavy atom. The number of aromatic carboxylic acids is 1. The minimum Gasteiger partial charge on any atom is -0.493 e. The smallest absolute Gasteiger partial charge is 0.416 e. The fraction of sp³-hybridized carbons (Fsp3) is 0.0968. The lowest BCUT2D eigenvalue weighted by Gasteiger charge is -2.13. The van der Waals surface area contributed by atoms with Crippen LogP contribution in [0.2, 0.25) is 0 Å². The van der Waals surface area contributed by atoms with E-state index in [1.54, 1.807) is 18.2 Å². The summed E-state index contributed by atoms with van der Waals surface area (Å²) in [7, 11) is 1.25. The van der Waals surface area contributed by atoms with Crippen molar-refractivity contribution in [1.29, 1.82) is 0 Å². The van der Waals surface area contributed by atoms with Crippen LogP contribution in [-0.4, -0.2) is 39.0 Å². The second-order valence-corrected chi connectivity index (χ2v) is 9.52. The van der Waals surface area contributed by atoms with E-state index in [4.69, 9.17) is 9.47 Å². The standard InChI is InChI=1S/C31H21F3N4O7/c1-44-26-14-19(13-25(38(42)43)27(26)45-17-18-6-4-8-21(12-18)30(40)41)16-35-37-28(20-7-5-9-22(15-20)31(32,33)34)36-24-11-3-2-10-23(24)29(37)39/h2-16H,17H2,1H3,(H,40,41). The highest BCUT2D eigenvalue weighted by molar-refractivity contribution is 5.87. The van der Waals surface area contributed by atoms with Crippen LogP contribution in [-0.2, 0) is 12.8 Å². The van der Waals surface area contributed by atoms with Gasteiger partial charge in [-0.1, -0.05) is 36.4 Å². The average Bonchev–Trinajstić information content (AvgIpc) is 3.02. The van der Waals surface area contributed by atoms with Crippen LogP contribution in [0.5, 0.6) is 11.5 Å². The summed E-state index contributed by atoms with van der Waals surface area (Å²) in [5, 5.41) is 25.6. The van der Waals surface area contributed by atoms with Gasteiger partial charge in [-0.3, -0.25) is 14.9 Å². The maximum atomic E-state index is 13.5. The fourth-order valence-corrected chi connectivity index (χ4v) is 4.44. The Morgan fingerprint density at radius 1 is 1.07 bits per heavy atom. The number of nitro groups is 1. The predicted molar refractivity (Wildman–Crippen MR) is 157 cm³/mol. The Labute approximate surface area is 251 Å². The van der Waals surface area contributed by atoms with E-state index in [0.717, 1.165) is 29.1 Å². The largest absolute Gasteiger partial charge is 0.493 e. The first-order valence-corrected chi connectivity index (χ1v) is 13.0. The molecule has 0 atom stereocenters. The van der Waals surface area contributed by atoms with Gasteiger partial charge in [0.25, 0.3) is 5.56 Å². The summed E-state index contributed by atoms with van der Waals surface area (Å²) >= 11 is 0. The Kier molecular flexibility index (Phi) is 8.30. The van der Waals surface area contributed by atoms with Crippen LogP contribution in [0, 0.1) is 10.1 Å². The first-order valence-electron chi connectivity index (χ1n) is 13.0. The second-order valence-electron chi connectivity index (χ2n) is 9.52. The van der Waals surface area contributed by atoms with Gasteiger partial charge < -0.3 is 14.6 Å². The average molecular weight is 619 g/mol. The SMILES string of the molecule is COc1cc(C=Nn2c(-c3cccc(C(F)(F)F)c3)nc3ccccc3c2=O)cc([N+](=O)[O-])c1OCc1cccc(C(=O)O)c1. The summed E-state index contributed by atoms with van der Waals surface area (Å²) in [6.07, 6.45) is -3.55. The van der Waals surface area contributed by atoms with Gasteiger partial charge in [0.2, 0.25) is 5.75 Å². The van der Waals surface area contributed by atoms with Crippen LogP contribution in [0.25, 0.3) is 22.3 Å². The lowest BCUT2D eigenvalue weighted by Crippen LogP contribution is -2.20. The van der Waals surface area contributed by atoms with Gasteiger partial charge in [-0.2, -0.15) is 22.9 Å². The van der Waals surface area contributed by atoms with Crippen LogP contribution in [0.1, 0.15) is 27.0 Å². The number of nitro benzene ring substituents is 1. The number of halogens is 3. The lowest BCUT2D eigenvalue weighted by molar-refractivity contribution is -0.386. The summed E-state index contributed by atoms with van der Waals surface area (Å²) in [6.45, 7) is -0.218. The van der Waals surface area contributed by atoms with Gasteiger partial charge in [0.15, 0.2) is 11.6 Å². The quantitative estimate of drug-likeness (QED) is 0.117. The molecule has 5 aromatic rings. The molecule has 1 heterocycles. The molecule has 228 valence electrons. The number of carbonyl (C=O) groups is 1. The first-order chi connectivity index (χ1) is 21.5. The molecule has 11 nitrogen and oxygen atoms in total. The fourth-order valence-electron chi connectivity index (χ4n) is 4.44. The molecule has 0 spiro atoms. The van der Waals surface area contributed by atoms with Crippen molar-refractivity contribution in [3.05, 3.63) is 128 Å². The van der Waals surface area contributed by atoms with Crippen molar-refractivity contribution in [2.45, 2.75) is 12.8 Å². The number of hydrogen-bond acceptors (Lipinski definition) is 8. The Bertz CT molecular complexity index is 2040. The Balaban J connectivity index is 1.58. The molecule has 0 radical (unpaired) electrons. The maximum Gasteiger partial charge on any atom is 0.416 e. The van der Waals surface area contributed by atoms with E-state index in [1.165, 1.54) is 55.6 Å². The summed E-state index contributed by atoms with van der Waals surface area (Å²) in [4.78, 5) is 40.4. The van der Waals surface area contributed by atoms with Gasteiger partial charge in [0, 0.05) is 17.2 Å². The molecule has 0 fully saturated rings. The molecule has 0 aliphatic heterocycles. The van der Waals surface area contributed by atoms with Crippen LogP contribution in [0.4, 0.5) is 18.9 Å². The molecule has 0 amide bonds. The molecule has 4 aromatic carbocycles. The van der Waals surface area contributed by atoms with Crippen LogP contribution in [0.15, 0.2) is 94.8 Å². The van der Waals surface area contributed by atoms with Crippen molar-refractivity contribution < 1.29 is 37.5 Å². The maximum absolute atomic E-state index is 13.5. The Morgan fingerprint density at radius 3 is 2.53 bits per heavy atom.